The van der Waals surface area contributed by atoms with Crippen LogP contribution in [0.4, 0.5) is 0 Å². The van der Waals surface area contributed by atoms with Crippen LogP contribution in [-0.2, 0) is 22.7 Å². The summed E-state index contributed by atoms with van der Waals surface area (Å²) in [6.45, 7) is 10.6. The third kappa shape index (κ3) is 7.55. The summed E-state index contributed by atoms with van der Waals surface area (Å²) in [6.07, 6.45) is 1.34. The van der Waals surface area contributed by atoms with Gasteiger partial charge in [0, 0.05) is 54.4 Å². The zero-order valence-electron chi connectivity index (χ0n) is 27.8. The number of amides is 2. The maximum Gasteiger partial charge on any atom is 0.244 e. The van der Waals surface area contributed by atoms with Gasteiger partial charge >= 0.3 is 0 Å². The normalized spacial score (nSPS) is 11.4. The predicted octanol–water partition coefficient (Wildman–Crippen LogP) is 4.53. The average molecular weight is 633 g/mol. The molecule has 12 nitrogen and oxygen atoms in total. The van der Waals surface area contributed by atoms with Gasteiger partial charge in [-0.25, -0.2) is 0 Å². The zero-order valence-corrected chi connectivity index (χ0v) is 27.8. The van der Waals surface area contributed by atoms with Crippen molar-refractivity contribution in [1.29, 1.82) is 0 Å². The second-order valence-electron chi connectivity index (χ2n) is 11.8. The van der Waals surface area contributed by atoms with E-state index in [0.29, 0.717) is 77.2 Å². The van der Waals surface area contributed by atoms with Crippen LogP contribution in [0.5, 0.6) is 11.5 Å². The second-order valence-corrected chi connectivity index (χ2v) is 11.8. The number of Topliss-reactive ketones (excluding diaryl/α,β-unsaturated/α-hetero) is 2. The van der Waals surface area contributed by atoms with E-state index >= 15 is 0 Å². The molecule has 0 aliphatic heterocycles. The molecule has 246 valence electrons. The summed E-state index contributed by atoms with van der Waals surface area (Å²) in [5, 5.41) is 13.3. The molecule has 2 aromatic carbocycles. The largest absolute Gasteiger partial charge is 0.497 e. The maximum atomic E-state index is 13.3. The fourth-order valence-corrected chi connectivity index (χ4v) is 5.25. The lowest BCUT2D eigenvalue weighted by atomic mass is 10.0. The first-order valence-corrected chi connectivity index (χ1v) is 15.7. The molecule has 0 saturated carbocycles. The number of aromatic nitrogens is 4. The van der Waals surface area contributed by atoms with Crippen molar-refractivity contribution in [2.75, 3.05) is 33.9 Å². The Hall–Kier alpha value is -4.74. The Balaban J connectivity index is 1.34. The molecule has 0 radical (unpaired) electrons. The second kappa shape index (κ2) is 15.0. The van der Waals surface area contributed by atoms with Crippen molar-refractivity contribution in [2.45, 2.75) is 60.5 Å². The quantitative estimate of drug-likeness (QED) is 0.141. The Bertz CT molecular complexity index is 1740. The van der Waals surface area contributed by atoms with Gasteiger partial charge in [0.05, 0.1) is 25.3 Å². The predicted molar refractivity (Wildman–Crippen MR) is 175 cm³/mol. The summed E-state index contributed by atoms with van der Waals surface area (Å²) in [7, 11) is 3.13. The lowest BCUT2D eigenvalue weighted by Gasteiger charge is -2.21. The molecule has 12 heteroatoms. The molecule has 2 heterocycles. The van der Waals surface area contributed by atoms with E-state index in [-0.39, 0.29) is 48.3 Å². The van der Waals surface area contributed by atoms with E-state index in [1.807, 2.05) is 34.6 Å². The molecule has 0 unspecified atom stereocenters. The summed E-state index contributed by atoms with van der Waals surface area (Å²) >= 11 is 0. The van der Waals surface area contributed by atoms with Crippen LogP contribution in [0.1, 0.15) is 68.4 Å². The minimum Gasteiger partial charge on any atom is -0.497 e. The Morgan fingerprint density at radius 2 is 1.28 bits per heavy atom. The molecule has 0 fully saturated rings. The van der Waals surface area contributed by atoms with Crippen molar-refractivity contribution in [3.63, 3.8) is 0 Å². The van der Waals surface area contributed by atoms with Gasteiger partial charge in [-0.2, -0.15) is 10.2 Å². The van der Waals surface area contributed by atoms with E-state index in [1.165, 1.54) is 4.68 Å². The van der Waals surface area contributed by atoms with Crippen molar-refractivity contribution < 1.29 is 28.7 Å². The van der Waals surface area contributed by atoms with Gasteiger partial charge in [0.15, 0.2) is 11.6 Å². The topological polar surface area (TPSA) is 138 Å². The molecule has 0 aliphatic carbocycles. The van der Waals surface area contributed by atoms with Crippen LogP contribution >= 0.6 is 0 Å². The lowest BCUT2D eigenvalue weighted by Crippen LogP contribution is -2.35. The highest BCUT2D eigenvalue weighted by Gasteiger charge is 2.23. The molecule has 46 heavy (non-hydrogen) atoms. The lowest BCUT2D eigenvalue weighted by molar-refractivity contribution is -0.132. The standard InChI is InChI=1S/C34H44N6O6/c1-8-38(30(42)20-40-28-18-24(46-7)12-14-26(28)32(37-40)34(44)22(4)5)16-10-9-15-35-29(41)19-39-27-17-23(45-6)11-13-25(27)31(36-39)33(43)21(2)3/h11-14,17-18,21-22H,8-10,15-16,19-20H2,1-7H3,(H,35,41). The number of hydrogen-bond acceptors (Lipinski definition) is 8. The number of nitrogens with zero attached hydrogens (tertiary/aromatic N) is 5. The molecule has 2 amide bonds. The van der Waals surface area contributed by atoms with E-state index in [1.54, 1.807) is 60.2 Å². The summed E-state index contributed by atoms with van der Waals surface area (Å²) < 4.78 is 13.8. The fraction of sp³-hybridized carbons (Fsp3) is 0.471. The van der Waals surface area contributed by atoms with Crippen LogP contribution in [0, 0.1) is 11.8 Å². The van der Waals surface area contributed by atoms with E-state index in [2.05, 4.69) is 15.5 Å². The van der Waals surface area contributed by atoms with Gasteiger partial charge in [-0.05, 0) is 44.0 Å². The minimum atomic E-state index is -0.231. The molecule has 0 spiro atoms. The molecule has 2 aromatic heterocycles. The zero-order chi connectivity index (χ0) is 33.5. The van der Waals surface area contributed by atoms with Crippen molar-refractivity contribution in [1.82, 2.24) is 29.8 Å². The molecule has 1 N–H and O–H groups in total. The van der Waals surface area contributed by atoms with Crippen LogP contribution in [0.25, 0.3) is 21.8 Å². The van der Waals surface area contributed by atoms with E-state index in [0.717, 1.165) is 0 Å². The van der Waals surface area contributed by atoms with Gasteiger partial charge in [-0.1, -0.05) is 27.7 Å². The molecule has 4 aromatic rings. The third-order valence-electron chi connectivity index (χ3n) is 7.92. The number of fused-ring (bicyclic) bond motifs is 2. The number of hydrogen-bond donors (Lipinski definition) is 1. The van der Waals surface area contributed by atoms with E-state index < -0.39 is 0 Å². The van der Waals surface area contributed by atoms with Gasteiger partial charge in [-0.3, -0.25) is 28.5 Å². The number of benzene rings is 2. The fourth-order valence-electron chi connectivity index (χ4n) is 5.25. The number of ether oxygens (including phenoxy) is 2. The average Bonchev–Trinajstić information content (AvgIpc) is 3.58. The third-order valence-corrected chi connectivity index (χ3v) is 7.92. The molecular weight excluding hydrogens is 588 g/mol. The number of ketones is 2. The molecule has 0 saturated heterocycles. The number of rotatable bonds is 16. The van der Waals surface area contributed by atoms with Gasteiger partial charge in [0.25, 0.3) is 0 Å². The highest BCUT2D eigenvalue weighted by atomic mass is 16.5. The molecular formula is C34H44N6O6. The summed E-state index contributed by atoms with van der Waals surface area (Å²) in [6, 6.07) is 10.7. The van der Waals surface area contributed by atoms with Gasteiger partial charge in [-0.15, -0.1) is 0 Å². The highest BCUT2D eigenvalue weighted by molar-refractivity contribution is 6.08. The monoisotopic (exact) mass is 632 g/mol. The van der Waals surface area contributed by atoms with Crippen molar-refractivity contribution in [2.24, 2.45) is 11.8 Å². The minimum absolute atomic E-state index is 0.0104. The number of carbonyl (C=O) groups is 4. The van der Waals surface area contributed by atoms with E-state index in [4.69, 9.17) is 9.47 Å². The summed E-state index contributed by atoms with van der Waals surface area (Å²) in [4.78, 5) is 53.5. The van der Waals surface area contributed by atoms with Crippen LogP contribution < -0.4 is 14.8 Å². The Labute approximate surface area is 269 Å². The number of likely N-dealkylation sites (N-methyl/N-ethyl adjacent to an activating group) is 1. The number of carbonyl (C=O) groups excluding carboxylic acids is 4. The number of methoxy groups -OCH3 is 2. The van der Waals surface area contributed by atoms with Crippen molar-refractivity contribution >= 4 is 45.2 Å². The molecule has 0 atom stereocenters. The first kappa shape index (κ1) is 34.1. The number of nitrogens with one attached hydrogen (secondary N) is 1. The smallest absolute Gasteiger partial charge is 0.244 e. The van der Waals surface area contributed by atoms with Gasteiger partial charge < -0.3 is 19.7 Å². The summed E-state index contributed by atoms with van der Waals surface area (Å²) in [5.74, 6) is 0.246. The Morgan fingerprint density at radius 1 is 0.783 bits per heavy atom. The van der Waals surface area contributed by atoms with Crippen LogP contribution in [0.3, 0.4) is 0 Å². The van der Waals surface area contributed by atoms with Crippen LogP contribution in [0.15, 0.2) is 36.4 Å². The first-order chi connectivity index (χ1) is 22.0. The maximum absolute atomic E-state index is 13.3. The van der Waals surface area contributed by atoms with E-state index in [9.17, 15) is 19.2 Å². The van der Waals surface area contributed by atoms with Crippen LogP contribution in [-0.4, -0.2) is 81.7 Å². The van der Waals surface area contributed by atoms with Crippen molar-refractivity contribution in [3.8, 4) is 11.5 Å². The van der Waals surface area contributed by atoms with Crippen LogP contribution in [0.2, 0.25) is 0 Å². The molecule has 0 bridgehead atoms. The molecule has 0 aliphatic rings. The van der Waals surface area contributed by atoms with Crippen molar-refractivity contribution in [3.05, 3.63) is 47.8 Å². The SMILES string of the molecule is CCN(CCCCNC(=O)Cn1nc(C(=O)C(C)C)c2ccc(OC)cc21)C(=O)Cn1nc(C(=O)C(C)C)c2ccc(OC)cc21. The summed E-state index contributed by atoms with van der Waals surface area (Å²) in [5.41, 5.74) is 2.01. The van der Waals surface area contributed by atoms with Gasteiger partial charge in [0.1, 0.15) is 36.0 Å². The number of unbranched alkanes of at least 4 members (excludes halogenated alkanes) is 1. The Kier molecular flexibility index (Phi) is 11.2. The highest BCUT2D eigenvalue weighted by Crippen LogP contribution is 2.27. The van der Waals surface area contributed by atoms with Gasteiger partial charge in [0.2, 0.25) is 11.8 Å². The molecule has 4 rings (SSSR count). The Morgan fingerprint density at radius 3 is 1.74 bits per heavy atom. The first-order valence-electron chi connectivity index (χ1n) is 15.7.